The summed E-state index contributed by atoms with van der Waals surface area (Å²) in [5.41, 5.74) is 1.70. The van der Waals surface area contributed by atoms with Gasteiger partial charge in [-0.05, 0) is 114 Å². The number of amides is 1. The van der Waals surface area contributed by atoms with E-state index in [9.17, 15) is 38.7 Å². The fourth-order valence-electron chi connectivity index (χ4n) is 6.69. The number of carbonyl (C=O) groups excluding carboxylic acids is 6. The number of esters is 2. The fourth-order valence-corrected chi connectivity index (χ4v) is 6.69. The number of nitrogens with zero attached hydrogens (tertiary/aromatic N) is 1. The molecule has 0 aromatic heterocycles. The van der Waals surface area contributed by atoms with Gasteiger partial charge in [-0.15, -0.1) is 0 Å². The number of carbonyl (C=O) groups is 7. The average Bonchev–Trinajstić information content (AvgIpc) is 3.57. The van der Waals surface area contributed by atoms with Crippen LogP contribution in [0.2, 0.25) is 0 Å². The predicted octanol–water partition coefficient (Wildman–Crippen LogP) is 3.37. The predicted molar refractivity (Wildman–Crippen MR) is 209 cm³/mol. The molecule has 1 fully saturated rings. The van der Waals surface area contributed by atoms with Gasteiger partial charge in [0.25, 0.3) is 0 Å². The smallest absolute Gasteiger partial charge is 0.320 e. The highest BCUT2D eigenvalue weighted by Crippen LogP contribution is 2.25. The van der Waals surface area contributed by atoms with E-state index in [4.69, 9.17) is 15.2 Å². The lowest BCUT2D eigenvalue weighted by atomic mass is 9.85. The van der Waals surface area contributed by atoms with Crippen LogP contribution in [-0.2, 0) is 43.0 Å². The molecule has 1 aliphatic rings. The number of likely N-dealkylation sites (tertiary alicyclic amines) is 1. The summed E-state index contributed by atoms with van der Waals surface area (Å²) in [4.78, 5) is 91.9. The molecular formula is C40H71N5O10. The highest BCUT2D eigenvalue weighted by molar-refractivity contribution is 5.98. The van der Waals surface area contributed by atoms with Crippen molar-refractivity contribution < 1.29 is 48.1 Å². The van der Waals surface area contributed by atoms with Crippen LogP contribution in [0.4, 0.5) is 0 Å². The van der Waals surface area contributed by atoms with E-state index in [1.165, 1.54) is 11.8 Å². The Labute approximate surface area is 328 Å². The second-order valence-electron chi connectivity index (χ2n) is 17.3. The molecule has 55 heavy (non-hydrogen) atoms. The van der Waals surface area contributed by atoms with Gasteiger partial charge in [-0.25, -0.2) is 0 Å². The number of unbranched alkanes of at least 4 members (excludes halogenated alkanes) is 2. The number of carboxylic acid groups (broad SMARTS) is 1. The van der Waals surface area contributed by atoms with Crippen LogP contribution in [0.5, 0.6) is 0 Å². The monoisotopic (exact) mass is 782 g/mol. The number of aliphatic carboxylic acids is 1. The van der Waals surface area contributed by atoms with E-state index in [1.54, 1.807) is 62.3 Å². The van der Waals surface area contributed by atoms with Gasteiger partial charge in [-0.1, -0.05) is 19.8 Å². The maximum absolute atomic E-state index is 14.2. The van der Waals surface area contributed by atoms with Gasteiger partial charge in [0.1, 0.15) is 11.6 Å². The zero-order valence-corrected chi connectivity index (χ0v) is 35.4. The van der Waals surface area contributed by atoms with Crippen LogP contribution < -0.4 is 21.7 Å². The van der Waals surface area contributed by atoms with Crippen molar-refractivity contribution in [3.8, 4) is 0 Å². The number of ether oxygens (including phenoxy) is 2. The molecule has 0 saturated carbocycles. The van der Waals surface area contributed by atoms with E-state index in [0.717, 1.165) is 12.8 Å². The van der Waals surface area contributed by atoms with Crippen molar-refractivity contribution in [2.45, 2.75) is 193 Å². The summed E-state index contributed by atoms with van der Waals surface area (Å²) >= 11 is 0. The zero-order valence-electron chi connectivity index (χ0n) is 35.4. The van der Waals surface area contributed by atoms with E-state index in [0.29, 0.717) is 45.4 Å². The quantitative estimate of drug-likeness (QED) is 0.0627. The molecule has 1 amide bonds. The lowest BCUT2D eigenvalue weighted by Gasteiger charge is -2.38. The Hall–Kier alpha value is -3.27. The zero-order chi connectivity index (χ0) is 42.4. The number of rotatable bonds is 26. The van der Waals surface area contributed by atoms with Crippen LogP contribution in [0, 0.1) is 0 Å². The Balaban J connectivity index is 2.96. The number of Topliss-reactive ketones (excluding diaryl/α,β-unsaturated/α-hetero) is 3. The molecule has 316 valence electrons. The first-order valence-corrected chi connectivity index (χ1v) is 19.8. The fraction of sp³-hybridized carbons (Fsp3) is 0.825. The Morgan fingerprint density at radius 1 is 0.782 bits per heavy atom. The maximum Gasteiger partial charge on any atom is 0.320 e. The van der Waals surface area contributed by atoms with Crippen molar-refractivity contribution in [2.24, 2.45) is 5.73 Å². The summed E-state index contributed by atoms with van der Waals surface area (Å²) < 4.78 is 10.6. The summed E-state index contributed by atoms with van der Waals surface area (Å²) in [5, 5.41) is 19.5. The van der Waals surface area contributed by atoms with Crippen LogP contribution in [-0.4, -0.2) is 117 Å². The van der Waals surface area contributed by atoms with Crippen molar-refractivity contribution in [3.05, 3.63) is 0 Å². The van der Waals surface area contributed by atoms with Gasteiger partial charge in [-0.2, -0.15) is 0 Å². The lowest BCUT2D eigenvalue weighted by Crippen LogP contribution is -2.64. The molecule has 1 aliphatic heterocycles. The first-order chi connectivity index (χ1) is 25.3. The van der Waals surface area contributed by atoms with Crippen molar-refractivity contribution in [1.82, 2.24) is 20.9 Å². The third kappa shape index (κ3) is 17.2. The molecule has 1 saturated heterocycles. The number of carboxylic acids is 1. The van der Waals surface area contributed by atoms with Gasteiger partial charge < -0.3 is 30.5 Å². The summed E-state index contributed by atoms with van der Waals surface area (Å²) in [6.45, 7) is 19.7. The van der Waals surface area contributed by atoms with Crippen LogP contribution >= 0.6 is 0 Å². The number of nitrogens with two attached hydrogens (primary N) is 1. The SMILES string of the molecule is CCCCOC(=O)CCC(N)C(=O)C(C)(C)NCCCCC(NC(C)(C)C(=O)C(CCC(=O)OC(C)(C)C)NC(C)(C)C(=O)C1CCCN1C(C)=O)C(=O)O. The minimum absolute atomic E-state index is 0.0126. The number of hydrogen-bond acceptors (Lipinski definition) is 13. The molecule has 0 bridgehead atoms. The minimum Gasteiger partial charge on any atom is -0.480 e. The van der Waals surface area contributed by atoms with E-state index in [-0.39, 0.29) is 55.5 Å². The van der Waals surface area contributed by atoms with Crippen molar-refractivity contribution in [3.63, 3.8) is 0 Å². The largest absolute Gasteiger partial charge is 0.480 e. The van der Waals surface area contributed by atoms with Gasteiger partial charge >= 0.3 is 17.9 Å². The second-order valence-corrected chi connectivity index (χ2v) is 17.3. The summed E-state index contributed by atoms with van der Waals surface area (Å²) in [6.07, 6.45) is 4.06. The van der Waals surface area contributed by atoms with Gasteiger partial charge in [0.15, 0.2) is 17.3 Å². The van der Waals surface area contributed by atoms with Crippen molar-refractivity contribution >= 4 is 41.2 Å². The van der Waals surface area contributed by atoms with Crippen molar-refractivity contribution in [1.29, 1.82) is 0 Å². The van der Waals surface area contributed by atoms with E-state index in [1.807, 2.05) is 6.92 Å². The van der Waals surface area contributed by atoms with Gasteiger partial charge in [0, 0.05) is 26.3 Å². The van der Waals surface area contributed by atoms with E-state index >= 15 is 0 Å². The first-order valence-electron chi connectivity index (χ1n) is 19.8. The van der Waals surface area contributed by atoms with Crippen LogP contribution in [0.3, 0.4) is 0 Å². The maximum atomic E-state index is 14.2. The Kier molecular flexibility index (Phi) is 19.8. The Morgan fingerprint density at radius 2 is 1.38 bits per heavy atom. The molecule has 0 radical (unpaired) electrons. The highest BCUT2D eigenvalue weighted by atomic mass is 16.6. The second kappa shape index (κ2) is 21.9. The number of ketones is 3. The topological polar surface area (TPSA) is 224 Å². The summed E-state index contributed by atoms with van der Waals surface area (Å²) in [6, 6.07) is -3.66. The van der Waals surface area contributed by atoms with Crippen LogP contribution in [0.15, 0.2) is 0 Å². The average molecular weight is 782 g/mol. The van der Waals surface area contributed by atoms with E-state index in [2.05, 4.69) is 16.0 Å². The third-order valence-electron chi connectivity index (χ3n) is 9.79. The van der Waals surface area contributed by atoms with E-state index < -0.39 is 64.1 Å². The Bertz CT molecular complexity index is 1340. The van der Waals surface area contributed by atoms with Crippen LogP contribution in [0.25, 0.3) is 0 Å². The van der Waals surface area contributed by atoms with Crippen LogP contribution in [0.1, 0.15) is 147 Å². The first kappa shape index (κ1) is 49.7. The standard InChI is InChI=1S/C40H71N5O10/c1-12-13-25-54-31(47)21-19-27(41)33(49)38(6,7)42-23-15-14-17-29(36(52)53)44-39(8,9)34(50)28(20-22-32(48)55-37(3,4)5)43-40(10,11)35(51)30-18-16-24-45(30)26(2)46/h27-30,42-44H,12-25,41H2,1-11H3,(H,52,53). The molecule has 0 spiro atoms. The Morgan fingerprint density at radius 3 is 1.95 bits per heavy atom. The van der Waals surface area contributed by atoms with Gasteiger partial charge in [0.05, 0.1) is 41.3 Å². The third-order valence-corrected chi connectivity index (χ3v) is 9.79. The molecule has 15 nitrogen and oxygen atoms in total. The molecule has 0 aromatic rings. The lowest BCUT2D eigenvalue weighted by molar-refractivity contribution is -0.155. The molecule has 0 aliphatic carbocycles. The summed E-state index contributed by atoms with van der Waals surface area (Å²) in [7, 11) is 0. The van der Waals surface area contributed by atoms with Gasteiger partial charge in [0.2, 0.25) is 5.91 Å². The molecule has 6 N–H and O–H groups in total. The molecule has 1 rings (SSSR count). The molecule has 15 heteroatoms. The normalized spacial score (nSPS) is 16.9. The highest BCUT2D eigenvalue weighted by Gasteiger charge is 2.44. The molecule has 1 heterocycles. The number of nitrogens with one attached hydrogen (secondary N) is 3. The van der Waals surface area contributed by atoms with Crippen molar-refractivity contribution in [2.75, 3.05) is 19.7 Å². The molecule has 4 atom stereocenters. The minimum atomic E-state index is -1.40. The van der Waals surface area contributed by atoms with Gasteiger partial charge in [-0.3, -0.25) is 44.2 Å². The number of hydrogen-bond donors (Lipinski definition) is 5. The molecule has 4 unspecified atom stereocenters. The summed E-state index contributed by atoms with van der Waals surface area (Å²) in [5.74, 6) is -3.21. The molecule has 0 aromatic carbocycles. The molecular weight excluding hydrogens is 710 g/mol.